The standard InChI is InChI=1S/C22H29N5O/c1-26(2)13-7-12-23-22-19-10-4-5-11-20(19)24-21(25-22)16-27(3)15-17-8-6-9-18(28)14-17/h4-6,8-11,14,28H,7,12-13,15-16H2,1-3H3,(H,23,24,25). The molecule has 0 saturated heterocycles. The van der Waals surface area contributed by atoms with Crippen LogP contribution in [0.3, 0.4) is 0 Å². The zero-order valence-corrected chi connectivity index (χ0v) is 16.9. The van der Waals surface area contributed by atoms with Crippen LogP contribution in [0, 0.1) is 0 Å². The van der Waals surface area contributed by atoms with Crippen molar-refractivity contribution in [2.75, 3.05) is 39.5 Å². The number of fused-ring (bicyclic) bond motifs is 1. The summed E-state index contributed by atoms with van der Waals surface area (Å²) in [6, 6.07) is 15.5. The summed E-state index contributed by atoms with van der Waals surface area (Å²) >= 11 is 0. The Hall–Kier alpha value is -2.70. The van der Waals surface area contributed by atoms with Crippen LogP contribution in [0.4, 0.5) is 5.82 Å². The van der Waals surface area contributed by atoms with Crippen molar-refractivity contribution < 1.29 is 5.11 Å². The summed E-state index contributed by atoms with van der Waals surface area (Å²) in [7, 11) is 6.20. The smallest absolute Gasteiger partial charge is 0.145 e. The van der Waals surface area contributed by atoms with Gasteiger partial charge < -0.3 is 15.3 Å². The van der Waals surface area contributed by atoms with Crippen molar-refractivity contribution in [3.8, 4) is 5.75 Å². The van der Waals surface area contributed by atoms with Gasteiger partial charge >= 0.3 is 0 Å². The van der Waals surface area contributed by atoms with Gasteiger partial charge in [-0.1, -0.05) is 24.3 Å². The van der Waals surface area contributed by atoms with Gasteiger partial charge in [0.15, 0.2) is 0 Å². The number of anilines is 1. The summed E-state index contributed by atoms with van der Waals surface area (Å²) in [5.41, 5.74) is 2.01. The molecule has 1 heterocycles. The molecular formula is C22H29N5O. The lowest BCUT2D eigenvalue weighted by atomic mass is 10.2. The fraction of sp³-hybridized carbons (Fsp3) is 0.364. The molecule has 2 N–H and O–H groups in total. The van der Waals surface area contributed by atoms with Crippen molar-refractivity contribution in [2.45, 2.75) is 19.5 Å². The van der Waals surface area contributed by atoms with Gasteiger partial charge in [0.05, 0.1) is 12.1 Å². The molecule has 148 valence electrons. The summed E-state index contributed by atoms with van der Waals surface area (Å²) in [5.74, 6) is 1.97. The van der Waals surface area contributed by atoms with Crippen LogP contribution < -0.4 is 5.32 Å². The summed E-state index contributed by atoms with van der Waals surface area (Å²) in [4.78, 5) is 13.9. The monoisotopic (exact) mass is 379 g/mol. The molecule has 0 atom stereocenters. The number of benzene rings is 2. The van der Waals surface area contributed by atoms with E-state index in [1.807, 2.05) is 37.4 Å². The highest BCUT2D eigenvalue weighted by Gasteiger charge is 2.10. The molecule has 0 aliphatic carbocycles. The Morgan fingerprint density at radius 2 is 1.79 bits per heavy atom. The van der Waals surface area contributed by atoms with Crippen molar-refractivity contribution in [2.24, 2.45) is 0 Å². The minimum absolute atomic E-state index is 0.289. The average molecular weight is 380 g/mol. The number of hydrogen-bond acceptors (Lipinski definition) is 6. The molecule has 0 unspecified atom stereocenters. The van der Waals surface area contributed by atoms with Crippen LogP contribution in [-0.2, 0) is 13.1 Å². The third kappa shape index (κ3) is 5.65. The van der Waals surface area contributed by atoms with E-state index in [0.29, 0.717) is 6.54 Å². The molecule has 6 heteroatoms. The van der Waals surface area contributed by atoms with Crippen molar-refractivity contribution in [1.82, 2.24) is 19.8 Å². The number of phenols is 1. The van der Waals surface area contributed by atoms with Gasteiger partial charge in [-0.2, -0.15) is 0 Å². The van der Waals surface area contributed by atoms with Crippen molar-refractivity contribution in [1.29, 1.82) is 0 Å². The number of nitrogens with zero attached hydrogens (tertiary/aromatic N) is 4. The molecule has 0 saturated carbocycles. The van der Waals surface area contributed by atoms with E-state index in [4.69, 9.17) is 9.97 Å². The van der Waals surface area contributed by atoms with Crippen LogP contribution in [0.1, 0.15) is 17.8 Å². The van der Waals surface area contributed by atoms with E-state index in [1.54, 1.807) is 12.1 Å². The SMILES string of the molecule is CN(C)CCCNc1nc(CN(C)Cc2cccc(O)c2)nc2ccccc12. The van der Waals surface area contributed by atoms with Gasteiger partial charge in [0.2, 0.25) is 0 Å². The summed E-state index contributed by atoms with van der Waals surface area (Å²) in [6.07, 6.45) is 1.05. The van der Waals surface area contributed by atoms with E-state index in [2.05, 4.69) is 35.3 Å². The lowest BCUT2D eigenvalue weighted by molar-refractivity contribution is 0.310. The van der Waals surface area contributed by atoms with E-state index in [1.165, 1.54) is 0 Å². The Morgan fingerprint density at radius 3 is 2.57 bits per heavy atom. The first-order valence-electron chi connectivity index (χ1n) is 9.62. The van der Waals surface area contributed by atoms with Gasteiger partial charge in [0.25, 0.3) is 0 Å². The van der Waals surface area contributed by atoms with Gasteiger partial charge in [0, 0.05) is 18.5 Å². The van der Waals surface area contributed by atoms with Crippen LogP contribution >= 0.6 is 0 Å². The van der Waals surface area contributed by atoms with Gasteiger partial charge in [-0.05, 0) is 63.9 Å². The maximum absolute atomic E-state index is 9.65. The molecule has 28 heavy (non-hydrogen) atoms. The van der Waals surface area contributed by atoms with E-state index < -0.39 is 0 Å². The van der Waals surface area contributed by atoms with Gasteiger partial charge in [-0.3, -0.25) is 4.90 Å². The molecule has 0 aliphatic heterocycles. The third-order valence-electron chi connectivity index (χ3n) is 4.50. The predicted octanol–water partition coefficient (Wildman–Crippen LogP) is 3.33. The quantitative estimate of drug-likeness (QED) is 0.556. The Labute approximate surface area is 166 Å². The number of nitrogens with one attached hydrogen (secondary N) is 1. The predicted molar refractivity (Wildman–Crippen MR) is 114 cm³/mol. The highest BCUT2D eigenvalue weighted by Crippen LogP contribution is 2.21. The molecule has 0 aliphatic rings. The van der Waals surface area contributed by atoms with Crippen molar-refractivity contribution in [3.63, 3.8) is 0 Å². The Kier molecular flexibility index (Phi) is 6.79. The van der Waals surface area contributed by atoms with Crippen LogP contribution in [0.25, 0.3) is 10.9 Å². The molecule has 0 bridgehead atoms. The molecule has 0 fully saturated rings. The van der Waals surface area contributed by atoms with E-state index >= 15 is 0 Å². The minimum Gasteiger partial charge on any atom is -0.508 e. The Balaban J connectivity index is 1.73. The molecule has 0 spiro atoms. The maximum atomic E-state index is 9.65. The van der Waals surface area contributed by atoms with Crippen molar-refractivity contribution in [3.05, 3.63) is 59.9 Å². The maximum Gasteiger partial charge on any atom is 0.145 e. The molecule has 1 aromatic heterocycles. The van der Waals surface area contributed by atoms with Crippen molar-refractivity contribution >= 4 is 16.7 Å². The second kappa shape index (κ2) is 9.48. The minimum atomic E-state index is 0.289. The topological polar surface area (TPSA) is 64.5 Å². The second-order valence-corrected chi connectivity index (χ2v) is 7.43. The number of phenolic OH excluding ortho intramolecular Hbond substituents is 1. The fourth-order valence-corrected chi connectivity index (χ4v) is 3.20. The van der Waals surface area contributed by atoms with E-state index in [-0.39, 0.29) is 5.75 Å². The number of aromatic nitrogens is 2. The molecule has 6 nitrogen and oxygen atoms in total. The lowest BCUT2D eigenvalue weighted by Crippen LogP contribution is -2.20. The Bertz CT molecular complexity index is 912. The largest absolute Gasteiger partial charge is 0.508 e. The molecule has 2 aromatic carbocycles. The summed E-state index contributed by atoms with van der Waals surface area (Å²) in [6.45, 7) is 3.26. The normalized spacial score (nSPS) is 11.5. The van der Waals surface area contributed by atoms with Gasteiger partial charge in [0.1, 0.15) is 17.4 Å². The third-order valence-corrected chi connectivity index (χ3v) is 4.50. The van der Waals surface area contributed by atoms with Gasteiger partial charge in [-0.15, -0.1) is 0 Å². The van der Waals surface area contributed by atoms with Crippen LogP contribution in [0.15, 0.2) is 48.5 Å². The van der Waals surface area contributed by atoms with E-state index in [9.17, 15) is 5.11 Å². The number of aromatic hydroxyl groups is 1. The first-order valence-corrected chi connectivity index (χ1v) is 9.62. The van der Waals surface area contributed by atoms with Crippen LogP contribution in [0.5, 0.6) is 5.75 Å². The van der Waals surface area contributed by atoms with Crippen LogP contribution in [-0.4, -0.2) is 59.1 Å². The molecule has 0 radical (unpaired) electrons. The lowest BCUT2D eigenvalue weighted by Gasteiger charge is -2.17. The number of hydrogen-bond donors (Lipinski definition) is 2. The van der Waals surface area contributed by atoms with E-state index in [0.717, 1.165) is 54.2 Å². The second-order valence-electron chi connectivity index (χ2n) is 7.43. The first kappa shape index (κ1) is 20.0. The summed E-state index contributed by atoms with van der Waals surface area (Å²) in [5, 5.41) is 14.2. The first-order chi connectivity index (χ1) is 13.5. The molecular weight excluding hydrogens is 350 g/mol. The highest BCUT2D eigenvalue weighted by atomic mass is 16.3. The molecule has 3 aromatic rings. The average Bonchev–Trinajstić information content (AvgIpc) is 2.65. The van der Waals surface area contributed by atoms with Crippen LogP contribution in [0.2, 0.25) is 0 Å². The number of rotatable bonds is 9. The molecule has 3 rings (SSSR count). The Morgan fingerprint density at radius 1 is 0.964 bits per heavy atom. The molecule has 0 amide bonds. The number of para-hydroxylation sites is 1. The summed E-state index contributed by atoms with van der Waals surface area (Å²) < 4.78 is 0. The highest BCUT2D eigenvalue weighted by molar-refractivity contribution is 5.88. The zero-order chi connectivity index (χ0) is 19.9. The van der Waals surface area contributed by atoms with Gasteiger partial charge in [-0.25, -0.2) is 9.97 Å². The zero-order valence-electron chi connectivity index (χ0n) is 16.9. The fourth-order valence-electron chi connectivity index (χ4n) is 3.20.